The number of alkyl halides is 3. The molecule has 1 heterocycles. The number of anilines is 1. The molecule has 0 aliphatic heterocycles. The van der Waals surface area contributed by atoms with Gasteiger partial charge in [0.25, 0.3) is 0 Å². The van der Waals surface area contributed by atoms with Crippen LogP contribution in [-0.2, 0) is 6.18 Å². The number of ether oxygens (including phenoxy) is 1. The molecule has 0 amide bonds. The highest BCUT2D eigenvalue weighted by Gasteiger charge is 2.33. The van der Waals surface area contributed by atoms with Crippen molar-refractivity contribution < 1.29 is 22.7 Å². The van der Waals surface area contributed by atoms with E-state index in [-0.39, 0.29) is 12.3 Å². The maximum atomic E-state index is 12.9. The maximum absolute atomic E-state index is 12.9. The first-order chi connectivity index (χ1) is 14.2. The third-order valence-corrected chi connectivity index (χ3v) is 4.75. The van der Waals surface area contributed by atoms with E-state index in [9.17, 15) is 18.0 Å². The number of halogens is 5. The number of nitrogens with one attached hydrogen (secondary N) is 1. The highest BCUT2D eigenvalue weighted by atomic mass is 35.5. The minimum atomic E-state index is -4.54. The summed E-state index contributed by atoms with van der Waals surface area (Å²) in [6.07, 6.45) is -3.31. The Morgan fingerprint density at radius 3 is 2.47 bits per heavy atom. The molecule has 1 aromatic heterocycles. The normalized spacial score (nSPS) is 11.3. The van der Waals surface area contributed by atoms with Crippen LogP contribution in [0.2, 0.25) is 10.0 Å². The van der Waals surface area contributed by atoms with Crippen LogP contribution in [0.25, 0.3) is 11.3 Å². The highest BCUT2D eigenvalue weighted by molar-refractivity contribution is 6.32. The number of ketones is 1. The molecule has 0 aliphatic carbocycles. The minimum Gasteiger partial charge on any atom is -0.495 e. The monoisotopic (exact) mass is 455 g/mol. The molecule has 0 radical (unpaired) electrons. The van der Waals surface area contributed by atoms with Gasteiger partial charge in [-0.15, -0.1) is 0 Å². The van der Waals surface area contributed by atoms with Gasteiger partial charge in [-0.3, -0.25) is 4.79 Å². The van der Waals surface area contributed by atoms with Crippen molar-refractivity contribution in [2.75, 3.05) is 19.0 Å². The lowest BCUT2D eigenvalue weighted by Crippen LogP contribution is -2.15. The van der Waals surface area contributed by atoms with Crippen LogP contribution in [-0.4, -0.2) is 29.4 Å². The second-order valence-corrected chi connectivity index (χ2v) is 6.92. The number of methoxy groups -OCH3 is 1. The molecule has 3 rings (SSSR count). The van der Waals surface area contributed by atoms with Crippen molar-refractivity contribution in [3.8, 4) is 17.0 Å². The van der Waals surface area contributed by atoms with E-state index in [1.54, 1.807) is 12.1 Å². The molecular formula is C20H14Cl2F3N3O2. The zero-order valence-electron chi connectivity index (χ0n) is 15.4. The molecule has 0 saturated heterocycles. The third kappa shape index (κ3) is 5.01. The van der Waals surface area contributed by atoms with E-state index >= 15 is 0 Å². The van der Waals surface area contributed by atoms with Crippen LogP contribution in [0.5, 0.6) is 5.75 Å². The largest absolute Gasteiger partial charge is 0.495 e. The first kappa shape index (κ1) is 21.9. The Balaban J connectivity index is 1.74. The summed E-state index contributed by atoms with van der Waals surface area (Å²) in [7, 11) is 1.47. The number of benzene rings is 2. The summed E-state index contributed by atoms with van der Waals surface area (Å²) in [5.74, 6) is 0.540. The molecule has 30 heavy (non-hydrogen) atoms. The number of Topliss-reactive ketones (excluding diaryl/α,β-unsaturated/α-hetero) is 1. The van der Waals surface area contributed by atoms with Gasteiger partial charge in [-0.2, -0.15) is 13.2 Å². The minimum absolute atomic E-state index is 0.0765. The molecule has 5 nitrogen and oxygen atoms in total. The summed E-state index contributed by atoms with van der Waals surface area (Å²) in [5, 5.41) is 2.74. The van der Waals surface area contributed by atoms with Gasteiger partial charge in [0.2, 0.25) is 0 Å². The number of nitrogens with zero attached hydrogens (tertiary/aromatic N) is 2. The van der Waals surface area contributed by atoms with Crippen molar-refractivity contribution >= 4 is 34.8 Å². The molecule has 156 valence electrons. The molecule has 0 unspecified atom stereocenters. The van der Waals surface area contributed by atoms with E-state index in [0.29, 0.717) is 33.4 Å². The highest BCUT2D eigenvalue weighted by Crippen LogP contribution is 2.36. The lowest BCUT2D eigenvalue weighted by Gasteiger charge is -2.11. The topological polar surface area (TPSA) is 64.1 Å². The molecule has 1 N–H and O–H groups in total. The Labute approximate surface area is 179 Å². The Hall–Kier alpha value is -2.84. The van der Waals surface area contributed by atoms with Crippen molar-refractivity contribution in [3.63, 3.8) is 0 Å². The fraction of sp³-hybridized carbons (Fsp3) is 0.150. The van der Waals surface area contributed by atoms with Gasteiger partial charge in [-0.1, -0.05) is 29.3 Å². The number of hydrogen-bond donors (Lipinski definition) is 1. The lowest BCUT2D eigenvalue weighted by molar-refractivity contribution is -0.137. The van der Waals surface area contributed by atoms with Crippen LogP contribution in [0.4, 0.5) is 19.0 Å². The SMILES string of the molecule is COc1ccc(C(=O)CNc2cc(-c3ccc(C(F)(F)F)c(Cl)c3)ncn2)cc1Cl. The summed E-state index contributed by atoms with van der Waals surface area (Å²) in [6.45, 7) is -0.0765. The number of carbonyl (C=O) groups is 1. The standard InChI is InChI=1S/C20H14Cl2F3N3O2/c1-30-18-5-3-12(7-15(18)22)17(29)9-26-19-8-16(27-10-28-19)11-2-4-13(14(21)6-11)20(23,24)25/h2-8,10H,9H2,1H3,(H,26,27,28). The van der Waals surface area contributed by atoms with Gasteiger partial charge in [-0.25, -0.2) is 9.97 Å². The van der Waals surface area contributed by atoms with Gasteiger partial charge in [0, 0.05) is 17.2 Å². The first-order valence-electron chi connectivity index (χ1n) is 8.49. The van der Waals surface area contributed by atoms with Gasteiger partial charge in [-0.05, 0) is 30.3 Å². The average Bonchev–Trinajstić information content (AvgIpc) is 2.71. The van der Waals surface area contributed by atoms with Crippen molar-refractivity contribution in [2.24, 2.45) is 0 Å². The second-order valence-electron chi connectivity index (χ2n) is 6.11. The number of rotatable bonds is 6. The molecular weight excluding hydrogens is 442 g/mol. The van der Waals surface area contributed by atoms with Crippen LogP contribution in [0, 0.1) is 0 Å². The molecule has 2 aromatic carbocycles. The van der Waals surface area contributed by atoms with Crippen LogP contribution >= 0.6 is 23.2 Å². The van der Waals surface area contributed by atoms with Gasteiger partial charge < -0.3 is 10.1 Å². The summed E-state index contributed by atoms with van der Waals surface area (Å²) in [6, 6.07) is 9.53. The van der Waals surface area contributed by atoms with Crippen molar-refractivity contribution in [1.82, 2.24) is 9.97 Å². The van der Waals surface area contributed by atoms with Gasteiger partial charge in [0.05, 0.1) is 35.0 Å². The molecule has 0 atom stereocenters. The Kier molecular flexibility index (Phi) is 6.48. The molecule has 0 fully saturated rings. The van der Waals surface area contributed by atoms with Gasteiger partial charge >= 0.3 is 6.18 Å². The van der Waals surface area contributed by atoms with Crippen LogP contribution in [0.1, 0.15) is 15.9 Å². The second kappa shape index (κ2) is 8.89. The van der Waals surface area contributed by atoms with Crippen molar-refractivity contribution in [1.29, 1.82) is 0 Å². The van der Waals surface area contributed by atoms with Crippen LogP contribution < -0.4 is 10.1 Å². The molecule has 10 heteroatoms. The molecule has 0 saturated carbocycles. The first-order valence-corrected chi connectivity index (χ1v) is 9.24. The van der Waals surface area contributed by atoms with Gasteiger partial charge in [0.1, 0.15) is 17.9 Å². The number of hydrogen-bond acceptors (Lipinski definition) is 5. The third-order valence-electron chi connectivity index (χ3n) is 4.14. The Morgan fingerprint density at radius 2 is 1.83 bits per heavy atom. The van der Waals surface area contributed by atoms with Crippen molar-refractivity contribution in [3.05, 3.63) is 70.0 Å². The van der Waals surface area contributed by atoms with E-state index in [2.05, 4.69) is 15.3 Å². The fourth-order valence-electron chi connectivity index (χ4n) is 2.63. The maximum Gasteiger partial charge on any atom is 0.417 e. The van der Waals surface area contributed by atoms with E-state index in [4.69, 9.17) is 27.9 Å². The summed E-state index contributed by atoms with van der Waals surface area (Å²) in [5.41, 5.74) is 0.191. The Morgan fingerprint density at radius 1 is 1.07 bits per heavy atom. The summed E-state index contributed by atoms with van der Waals surface area (Å²) >= 11 is 11.8. The van der Waals surface area contributed by atoms with E-state index in [1.807, 2.05) is 0 Å². The van der Waals surface area contributed by atoms with E-state index in [0.717, 1.165) is 6.07 Å². The summed E-state index contributed by atoms with van der Waals surface area (Å²) in [4.78, 5) is 20.4. The molecule has 0 aliphatic rings. The predicted octanol–water partition coefficient (Wildman–Crippen LogP) is 5.77. The van der Waals surface area contributed by atoms with Crippen LogP contribution in [0.3, 0.4) is 0 Å². The zero-order chi connectivity index (χ0) is 21.9. The molecule has 0 spiro atoms. The van der Waals surface area contributed by atoms with Crippen LogP contribution in [0.15, 0.2) is 48.8 Å². The zero-order valence-corrected chi connectivity index (χ0v) is 16.9. The summed E-state index contributed by atoms with van der Waals surface area (Å²) < 4.78 is 43.6. The van der Waals surface area contributed by atoms with Gasteiger partial charge in [0.15, 0.2) is 5.78 Å². The number of carbonyl (C=O) groups excluding carboxylic acids is 1. The van der Waals surface area contributed by atoms with E-state index < -0.39 is 16.8 Å². The smallest absolute Gasteiger partial charge is 0.417 e. The molecule has 3 aromatic rings. The Bertz CT molecular complexity index is 1090. The van der Waals surface area contributed by atoms with Crippen molar-refractivity contribution in [2.45, 2.75) is 6.18 Å². The lowest BCUT2D eigenvalue weighted by atomic mass is 10.1. The predicted molar refractivity (Wildman–Crippen MR) is 108 cm³/mol. The average molecular weight is 456 g/mol. The van der Waals surface area contributed by atoms with E-state index in [1.165, 1.54) is 37.7 Å². The fourth-order valence-corrected chi connectivity index (χ4v) is 3.17. The number of aromatic nitrogens is 2. The quantitative estimate of drug-likeness (QED) is 0.477. The molecule has 0 bridgehead atoms.